The Labute approximate surface area is 169 Å². The minimum absolute atomic E-state index is 0. The van der Waals surface area contributed by atoms with Crippen LogP contribution < -0.4 is 34.3 Å². The van der Waals surface area contributed by atoms with Gasteiger partial charge in [-0.05, 0) is 24.5 Å². The Bertz CT molecular complexity index is 540. The Morgan fingerprint density at radius 1 is 1.00 bits per heavy atom. The molecule has 1 rings (SSSR count). The summed E-state index contributed by atoms with van der Waals surface area (Å²) in [4.78, 5) is 0. The molecule has 1 aromatic carbocycles. The molecule has 0 aromatic heterocycles. The number of para-hydroxylation sites is 1. The second kappa shape index (κ2) is 14.1. The number of ether oxygens (including phenoxy) is 1. The fourth-order valence-electron chi connectivity index (χ4n) is 2.41. The van der Waals surface area contributed by atoms with Crippen molar-refractivity contribution in [1.82, 2.24) is 0 Å². The van der Waals surface area contributed by atoms with Gasteiger partial charge in [-0.3, -0.25) is 4.55 Å². The quantitative estimate of drug-likeness (QED) is 0.323. The normalized spacial score (nSPS) is 11.1. The van der Waals surface area contributed by atoms with Crippen LogP contribution in [0, 0.1) is 0 Å². The molecule has 0 saturated heterocycles. The van der Waals surface area contributed by atoms with Gasteiger partial charge in [-0.2, -0.15) is 8.42 Å². The minimum atomic E-state index is -4.40. The van der Waals surface area contributed by atoms with E-state index in [4.69, 9.17) is 9.29 Å². The Hall–Kier alpha value is -0.110. The monoisotopic (exact) mass is 368 g/mol. The average Bonchev–Trinajstić information content (AvgIpc) is 2.51. The number of benzene rings is 1. The van der Waals surface area contributed by atoms with Crippen LogP contribution >= 0.6 is 0 Å². The van der Waals surface area contributed by atoms with Crippen molar-refractivity contribution in [2.75, 3.05) is 13.2 Å². The molecule has 0 aliphatic heterocycles. The van der Waals surface area contributed by atoms with Gasteiger partial charge in [0.25, 0.3) is 0 Å². The first-order valence-electron chi connectivity index (χ1n) is 8.35. The van der Waals surface area contributed by atoms with E-state index in [0.29, 0.717) is 0 Å². The molecule has 0 aliphatic rings. The zero-order chi connectivity index (χ0) is 17.0. The molecule has 0 spiro atoms. The van der Waals surface area contributed by atoms with Crippen molar-refractivity contribution in [3.8, 4) is 5.75 Å². The molecule has 24 heavy (non-hydrogen) atoms. The maximum Gasteiger partial charge on any atom is 1.00 e. The van der Waals surface area contributed by atoms with Crippen LogP contribution in [0.25, 0.3) is 0 Å². The zero-order valence-electron chi connectivity index (χ0n) is 15.9. The largest absolute Gasteiger partial charge is 1.00 e. The third kappa shape index (κ3) is 12.3. The molecule has 0 unspecified atom stereocenters. The molecule has 7 heteroatoms. The Balaban J connectivity index is 0. The van der Waals surface area contributed by atoms with E-state index in [2.05, 4.69) is 11.1 Å². The molecule has 1 N–H and O–H groups in total. The summed E-state index contributed by atoms with van der Waals surface area (Å²) in [6, 6.07) is 7.74. The van der Waals surface area contributed by atoms with Crippen LogP contribution in [-0.4, -0.2) is 26.2 Å². The van der Waals surface area contributed by atoms with Gasteiger partial charge < -0.3 is 6.16 Å². The van der Waals surface area contributed by atoms with Crippen LogP contribution in [0.4, 0.5) is 0 Å². The first-order valence-corrected chi connectivity index (χ1v) is 9.72. The fourth-order valence-corrected chi connectivity index (χ4v) is 2.69. The van der Waals surface area contributed by atoms with Gasteiger partial charge in [0.05, 0.1) is 0 Å². The summed E-state index contributed by atoms with van der Waals surface area (Å²) in [5.41, 5.74) is 1.12. The molecule has 0 radical (unpaired) electrons. The van der Waals surface area contributed by atoms with Crippen molar-refractivity contribution in [3.63, 3.8) is 0 Å². The second-order valence-electron chi connectivity index (χ2n) is 5.58. The van der Waals surface area contributed by atoms with Crippen molar-refractivity contribution >= 4 is 10.4 Å². The molecule has 5 nitrogen and oxygen atoms in total. The molecule has 0 amide bonds. The van der Waals surface area contributed by atoms with Gasteiger partial charge in [-0.15, -0.1) is 0 Å². The Morgan fingerprint density at radius 2 is 1.62 bits per heavy atom. The summed E-state index contributed by atoms with van der Waals surface area (Å²) in [7, 11) is -4.40. The smallest absolute Gasteiger partial charge is 1.00 e. The van der Waals surface area contributed by atoms with Crippen LogP contribution in [0.15, 0.2) is 24.3 Å². The minimum Gasteiger partial charge on any atom is -1.00 e. The summed E-state index contributed by atoms with van der Waals surface area (Å²) in [5, 5.41) is 0. The molecule has 0 fully saturated rings. The van der Waals surface area contributed by atoms with Gasteiger partial charge in [0.15, 0.2) is 0 Å². The van der Waals surface area contributed by atoms with Gasteiger partial charge in [-0.25, -0.2) is 4.18 Å². The summed E-state index contributed by atoms with van der Waals surface area (Å²) in [5.74, 6) is 0.748. The van der Waals surface area contributed by atoms with E-state index < -0.39 is 10.4 Å². The molecule has 1 aromatic rings. The Kier molecular flexibility index (Phi) is 14.0. The topological polar surface area (TPSA) is 72.8 Å². The van der Waals surface area contributed by atoms with Gasteiger partial charge in [-0.1, -0.05) is 63.6 Å². The molecule has 0 saturated carbocycles. The van der Waals surface area contributed by atoms with Crippen molar-refractivity contribution in [3.05, 3.63) is 29.8 Å². The zero-order valence-corrected chi connectivity index (χ0v) is 17.7. The van der Waals surface area contributed by atoms with E-state index in [1.165, 1.54) is 38.5 Å². The summed E-state index contributed by atoms with van der Waals surface area (Å²) < 4.78 is 39.2. The fraction of sp³-hybridized carbons (Fsp3) is 0.647. The molecule has 134 valence electrons. The molecular formula is C17H29NaO5S. The van der Waals surface area contributed by atoms with Gasteiger partial charge in [0.2, 0.25) is 0 Å². The van der Waals surface area contributed by atoms with Crippen LogP contribution in [0.1, 0.15) is 58.9 Å². The number of aryl methyl sites for hydroxylation is 1. The number of hydrogen-bond acceptors (Lipinski definition) is 4. The average molecular weight is 368 g/mol. The first-order chi connectivity index (χ1) is 11.0. The first kappa shape index (κ1) is 23.9. The summed E-state index contributed by atoms with van der Waals surface area (Å²) >= 11 is 0. The predicted octanol–water partition coefficient (Wildman–Crippen LogP) is 1.29. The van der Waals surface area contributed by atoms with E-state index in [1.807, 2.05) is 24.3 Å². The standard InChI is InChI=1S/C17H28O5S.Na.H/c1-2-3-4-5-6-7-8-11-16-12-9-10-13-17(16)21-14-15-22-23(18,19)20;;/h9-10,12-13H,2-8,11,14-15H2,1H3,(H,18,19,20);;/q;+1;-1. The van der Waals surface area contributed by atoms with Crippen molar-refractivity contribution in [1.29, 1.82) is 0 Å². The van der Waals surface area contributed by atoms with Crippen molar-refractivity contribution in [2.24, 2.45) is 0 Å². The third-order valence-corrected chi connectivity index (χ3v) is 4.06. The molecular weight excluding hydrogens is 339 g/mol. The molecule has 0 atom stereocenters. The molecule has 0 bridgehead atoms. The van der Waals surface area contributed by atoms with Crippen LogP contribution in [0.2, 0.25) is 0 Å². The number of hydrogen-bond donors (Lipinski definition) is 1. The second-order valence-corrected chi connectivity index (χ2v) is 6.67. The van der Waals surface area contributed by atoms with Gasteiger partial charge in [0, 0.05) is 0 Å². The van der Waals surface area contributed by atoms with Crippen LogP contribution in [0.5, 0.6) is 5.75 Å². The van der Waals surface area contributed by atoms with Crippen molar-refractivity contribution < 1.29 is 52.9 Å². The van der Waals surface area contributed by atoms with E-state index in [0.717, 1.165) is 24.2 Å². The molecule has 0 aliphatic carbocycles. The summed E-state index contributed by atoms with van der Waals surface area (Å²) in [6.45, 7) is 2.09. The van der Waals surface area contributed by atoms with E-state index in [9.17, 15) is 8.42 Å². The predicted molar refractivity (Wildman–Crippen MR) is 92.2 cm³/mol. The maximum atomic E-state index is 10.5. The van der Waals surface area contributed by atoms with Crippen LogP contribution in [-0.2, 0) is 21.0 Å². The number of rotatable bonds is 13. The van der Waals surface area contributed by atoms with E-state index in [-0.39, 0.29) is 44.2 Å². The Morgan fingerprint density at radius 3 is 2.29 bits per heavy atom. The molecule has 0 heterocycles. The maximum absolute atomic E-state index is 10.5. The SMILES string of the molecule is CCCCCCCCCc1ccccc1OCCOS(=O)(=O)O.[H-].[Na+]. The van der Waals surface area contributed by atoms with Gasteiger partial charge in [0.1, 0.15) is 19.0 Å². The third-order valence-electron chi connectivity index (χ3n) is 3.60. The van der Waals surface area contributed by atoms with Crippen LogP contribution in [0.3, 0.4) is 0 Å². The van der Waals surface area contributed by atoms with E-state index >= 15 is 0 Å². The van der Waals surface area contributed by atoms with E-state index in [1.54, 1.807) is 0 Å². The summed E-state index contributed by atoms with van der Waals surface area (Å²) in [6.07, 6.45) is 9.77. The van der Waals surface area contributed by atoms with Crippen molar-refractivity contribution in [2.45, 2.75) is 58.3 Å². The van der Waals surface area contributed by atoms with Gasteiger partial charge >= 0.3 is 40.0 Å². The number of unbranched alkanes of at least 4 members (excludes halogenated alkanes) is 6.